The normalized spacial score (nSPS) is 10.5. The monoisotopic (exact) mass is 341 g/mol. The average molecular weight is 342 g/mol. The number of hydrogen-bond donors (Lipinski definition) is 1. The summed E-state index contributed by atoms with van der Waals surface area (Å²) in [6.07, 6.45) is 0. The molecule has 0 amide bonds. The van der Waals surface area contributed by atoms with Crippen LogP contribution in [0.4, 0.5) is 5.82 Å². The molecule has 0 spiro atoms. The molecular weight excluding hydrogens is 330 g/mol. The first-order chi connectivity index (χ1) is 9.02. The molecule has 100 valence electrons. The molecule has 2 rings (SSSR count). The van der Waals surface area contributed by atoms with Crippen molar-refractivity contribution in [3.05, 3.63) is 27.2 Å². The van der Waals surface area contributed by atoms with E-state index in [9.17, 15) is 4.79 Å². The van der Waals surface area contributed by atoms with Crippen LogP contribution in [0.25, 0.3) is 10.7 Å². The highest BCUT2D eigenvalue weighted by molar-refractivity contribution is 9.11. The number of nitrogen functional groups attached to an aromatic ring is 1. The molecule has 0 aliphatic carbocycles. The Bertz CT molecular complexity index is 604. The first-order valence-corrected chi connectivity index (χ1v) is 7.20. The predicted octanol–water partition coefficient (Wildman–Crippen LogP) is 3.03. The van der Waals surface area contributed by atoms with E-state index in [0.717, 1.165) is 8.66 Å². The van der Waals surface area contributed by atoms with Gasteiger partial charge in [-0.05, 0) is 41.9 Å². The minimum atomic E-state index is -0.489. The van der Waals surface area contributed by atoms with Gasteiger partial charge in [-0.1, -0.05) is 0 Å². The predicted molar refractivity (Wildman–Crippen MR) is 78.2 cm³/mol. The van der Waals surface area contributed by atoms with Gasteiger partial charge in [0.15, 0.2) is 5.82 Å². The summed E-state index contributed by atoms with van der Waals surface area (Å²) < 4.78 is 5.92. The molecule has 2 N–H and O–H groups in total. The molecular formula is C12H12BrN3O2S. The van der Waals surface area contributed by atoms with Crippen molar-refractivity contribution in [2.75, 3.05) is 12.3 Å². The highest BCUT2D eigenvalue weighted by Crippen LogP contribution is 2.30. The van der Waals surface area contributed by atoms with Crippen LogP contribution in [0.3, 0.4) is 0 Å². The first kappa shape index (κ1) is 14.0. The van der Waals surface area contributed by atoms with Crippen LogP contribution in [-0.4, -0.2) is 22.5 Å². The second kappa shape index (κ2) is 5.66. The van der Waals surface area contributed by atoms with Crippen LogP contribution >= 0.6 is 27.3 Å². The fourth-order valence-corrected chi connectivity index (χ4v) is 2.92. The van der Waals surface area contributed by atoms with Crippen molar-refractivity contribution in [1.29, 1.82) is 0 Å². The van der Waals surface area contributed by atoms with Gasteiger partial charge in [-0.25, -0.2) is 14.8 Å². The van der Waals surface area contributed by atoms with Gasteiger partial charge in [0.1, 0.15) is 11.4 Å². The number of aromatic nitrogens is 2. The van der Waals surface area contributed by atoms with Crippen LogP contribution in [0.1, 0.15) is 23.0 Å². The Labute approximate surface area is 123 Å². The summed E-state index contributed by atoms with van der Waals surface area (Å²) in [5.74, 6) is 0.167. The molecule has 0 bridgehead atoms. The molecule has 7 heteroatoms. The molecule has 2 aromatic heterocycles. The maximum atomic E-state index is 11.8. The Morgan fingerprint density at radius 2 is 2.21 bits per heavy atom. The third-order valence-corrected chi connectivity index (χ3v) is 4.01. The van der Waals surface area contributed by atoms with E-state index in [4.69, 9.17) is 10.5 Å². The molecule has 2 heterocycles. The molecule has 0 saturated heterocycles. The quantitative estimate of drug-likeness (QED) is 0.868. The number of ether oxygens (including phenoxy) is 1. The molecule has 0 radical (unpaired) electrons. The van der Waals surface area contributed by atoms with Gasteiger partial charge in [0, 0.05) is 0 Å². The van der Waals surface area contributed by atoms with Crippen molar-refractivity contribution in [2.45, 2.75) is 13.8 Å². The van der Waals surface area contributed by atoms with Gasteiger partial charge in [0.25, 0.3) is 0 Å². The van der Waals surface area contributed by atoms with Crippen LogP contribution in [0, 0.1) is 6.92 Å². The molecule has 0 unspecified atom stereocenters. The topological polar surface area (TPSA) is 78.1 Å². The van der Waals surface area contributed by atoms with E-state index in [0.29, 0.717) is 11.5 Å². The molecule has 0 fully saturated rings. The molecule has 0 aliphatic heterocycles. The van der Waals surface area contributed by atoms with E-state index >= 15 is 0 Å². The molecule has 0 aromatic carbocycles. The number of carbonyl (C=O) groups is 1. The Balaban J connectivity index is 2.45. The minimum Gasteiger partial charge on any atom is -0.462 e. The van der Waals surface area contributed by atoms with Crippen LogP contribution < -0.4 is 5.73 Å². The average Bonchev–Trinajstić information content (AvgIpc) is 2.75. The maximum Gasteiger partial charge on any atom is 0.343 e. The molecule has 5 nitrogen and oxygen atoms in total. The SMILES string of the molecule is CCOC(=O)c1c(C)nc(-c2ccc(Br)s2)nc1N. The highest BCUT2D eigenvalue weighted by Gasteiger charge is 2.19. The number of rotatable bonds is 3. The van der Waals surface area contributed by atoms with Gasteiger partial charge >= 0.3 is 5.97 Å². The molecule has 0 aliphatic rings. The lowest BCUT2D eigenvalue weighted by Crippen LogP contribution is -2.13. The van der Waals surface area contributed by atoms with Gasteiger partial charge in [-0.2, -0.15) is 0 Å². The largest absolute Gasteiger partial charge is 0.462 e. The Kier molecular flexibility index (Phi) is 4.16. The van der Waals surface area contributed by atoms with Crippen molar-refractivity contribution in [3.63, 3.8) is 0 Å². The molecule has 0 saturated carbocycles. The number of esters is 1. The van der Waals surface area contributed by atoms with Gasteiger partial charge in [0.05, 0.1) is 21.0 Å². The van der Waals surface area contributed by atoms with E-state index in [-0.39, 0.29) is 18.0 Å². The number of halogens is 1. The zero-order chi connectivity index (χ0) is 14.0. The van der Waals surface area contributed by atoms with E-state index in [1.807, 2.05) is 12.1 Å². The van der Waals surface area contributed by atoms with Crippen molar-refractivity contribution in [2.24, 2.45) is 0 Å². The summed E-state index contributed by atoms with van der Waals surface area (Å²) in [6.45, 7) is 3.75. The van der Waals surface area contributed by atoms with Crippen LogP contribution in [0.2, 0.25) is 0 Å². The molecule has 0 atom stereocenters. The summed E-state index contributed by atoms with van der Waals surface area (Å²) in [7, 11) is 0. The van der Waals surface area contributed by atoms with Gasteiger partial charge in [-0.15, -0.1) is 11.3 Å². The number of aryl methyl sites for hydroxylation is 1. The number of nitrogens with zero attached hydrogens (tertiary/aromatic N) is 2. The van der Waals surface area contributed by atoms with E-state index < -0.39 is 5.97 Å². The van der Waals surface area contributed by atoms with Crippen molar-refractivity contribution >= 4 is 39.1 Å². The van der Waals surface area contributed by atoms with Crippen molar-refractivity contribution in [3.8, 4) is 10.7 Å². The number of hydrogen-bond acceptors (Lipinski definition) is 6. The molecule has 19 heavy (non-hydrogen) atoms. The summed E-state index contributed by atoms with van der Waals surface area (Å²) >= 11 is 4.88. The number of carbonyl (C=O) groups excluding carboxylic acids is 1. The fraction of sp³-hybridized carbons (Fsp3) is 0.250. The van der Waals surface area contributed by atoms with E-state index in [2.05, 4.69) is 25.9 Å². The first-order valence-electron chi connectivity index (χ1n) is 5.60. The number of nitrogens with two attached hydrogens (primary N) is 1. The fourth-order valence-electron chi connectivity index (χ4n) is 1.60. The van der Waals surface area contributed by atoms with Gasteiger partial charge in [0.2, 0.25) is 0 Å². The zero-order valence-electron chi connectivity index (χ0n) is 10.4. The lowest BCUT2D eigenvalue weighted by Gasteiger charge is -2.08. The minimum absolute atomic E-state index is 0.144. The summed E-state index contributed by atoms with van der Waals surface area (Å²) in [6, 6.07) is 3.81. The standard InChI is InChI=1S/C12H12BrN3O2S/c1-3-18-12(17)9-6(2)15-11(16-10(9)14)7-4-5-8(13)19-7/h4-5H,3H2,1-2H3,(H2,14,15,16). The van der Waals surface area contributed by atoms with Crippen molar-refractivity contribution < 1.29 is 9.53 Å². The number of thiophene rings is 1. The second-order valence-corrected chi connectivity index (χ2v) is 6.18. The van der Waals surface area contributed by atoms with Gasteiger partial charge in [-0.3, -0.25) is 0 Å². The smallest absolute Gasteiger partial charge is 0.343 e. The Morgan fingerprint density at radius 1 is 1.47 bits per heavy atom. The highest BCUT2D eigenvalue weighted by atomic mass is 79.9. The summed E-state index contributed by atoms with van der Waals surface area (Å²) in [4.78, 5) is 21.1. The third kappa shape index (κ3) is 2.93. The lowest BCUT2D eigenvalue weighted by atomic mass is 10.2. The number of anilines is 1. The van der Waals surface area contributed by atoms with E-state index in [1.165, 1.54) is 11.3 Å². The summed E-state index contributed by atoms with van der Waals surface area (Å²) in [5.41, 5.74) is 6.59. The Morgan fingerprint density at radius 3 is 2.74 bits per heavy atom. The Hall–Kier alpha value is -1.47. The zero-order valence-corrected chi connectivity index (χ0v) is 12.8. The third-order valence-electron chi connectivity index (χ3n) is 2.39. The van der Waals surface area contributed by atoms with Crippen LogP contribution in [0.5, 0.6) is 0 Å². The maximum absolute atomic E-state index is 11.8. The van der Waals surface area contributed by atoms with Crippen molar-refractivity contribution in [1.82, 2.24) is 9.97 Å². The van der Waals surface area contributed by atoms with E-state index in [1.54, 1.807) is 13.8 Å². The van der Waals surface area contributed by atoms with Crippen LogP contribution in [-0.2, 0) is 4.74 Å². The second-order valence-electron chi connectivity index (χ2n) is 3.72. The van der Waals surface area contributed by atoms with Gasteiger partial charge < -0.3 is 10.5 Å². The summed E-state index contributed by atoms with van der Waals surface area (Å²) in [5, 5.41) is 0. The molecule has 2 aromatic rings. The lowest BCUT2D eigenvalue weighted by molar-refractivity contribution is 0.0526. The van der Waals surface area contributed by atoms with Crippen LogP contribution in [0.15, 0.2) is 15.9 Å².